The molecule has 0 saturated carbocycles. The van der Waals surface area contributed by atoms with E-state index in [1.54, 1.807) is 23.2 Å². The molecule has 0 aliphatic carbocycles. The molecule has 0 N–H and O–H groups in total. The lowest BCUT2D eigenvalue weighted by Gasteiger charge is -2.30. The Morgan fingerprint density at radius 3 is 2.67 bits per heavy atom. The fourth-order valence-corrected chi connectivity index (χ4v) is 2.73. The van der Waals surface area contributed by atoms with Gasteiger partial charge in [-0.15, -0.1) is 10.2 Å². The summed E-state index contributed by atoms with van der Waals surface area (Å²) in [7, 11) is 0. The van der Waals surface area contributed by atoms with Crippen LogP contribution in [0.4, 0.5) is 0 Å². The van der Waals surface area contributed by atoms with Gasteiger partial charge in [-0.2, -0.15) is 0 Å². The van der Waals surface area contributed by atoms with Crippen molar-refractivity contribution in [1.29, 1.82) is 0 Å². The first-order chi connectivity index (χ1) is 13.1. The zero-order chi connectivity index (χ0) is 18.8. The quantitative estimate of drug-likeness (QED) is 0.686. The normalized spacial score (nSPS) is 13.3. The average Bonchev–Trinajstić information content (AvgIpc) is 3.00. The fourth-order valence-electron chi connectivity index (χ4n) is 2.73. The highest BCUT2D eigenvalue weighted by atomic mass is 16.5. The number of nitrogens with zero attached hydrogens (tertiary/aromatic N) is 5. The van der Waals surface area contributed by atoms with Crippen LogP contribution in [0, 0.1) is 13.8 Å². The molecule has 0 bridgehead atoms. The number of hydrogen-bond acceptors (Lipinski definition) is 7. The van der Waals surface area contributed by atoms with Gasteiger partial charge in [-0.3, -0.25) is 9.78 Å². The summed E-state index contributed by atoms with van der Waals surface area (Å²) < 4.78 is 11.1. The summed E-state index contributed by atoms with van der Waals surface area (Å²) in [5, 5.41) is 12.1. The number of amides is 1. The van der Waals surface area contributed by atoms with Crippen LogP contribution in [0.5, 0.6) is 5.88 Å². The molecule has 0 spiro atoms. The second-order valence-electron chi connectivity index (χ2n) is 6.45. The van der Waals surface area contributed by atoms with Gasteiger partial charge in [-0.05, 0) is 38.5 Å². The second-order valence-corrected chi connectivity index (χ2v) is 6.45. The molecule has 1 saturated heterocycles. The first-order valence-electron chi connectivity index (χ1n) is 8.76. The van der Waals surface area contributed by atoms with E-state index in [1.807, 2.05) is 26.0 Å². The zero-order valence-electron chi connectivity index (χ0n) is 15.2. The number of likely N-dealkylation sites (tertiary alicyclic amines) is 1. The Hall–Kier alpha value is -3.29. The number of aromatic nitrogens is 4. The third-order valence-electron chi connectivity index (χ3n) is 4.54. The Bertz CT molecular complexity index is 946. The van der Waals surface area contributed by atoms with Gasteiger partial charge in [0.2, 0.25) is 5.88 Å². The minimum atomic E-state index is -0.0932. The SMILES string of the molecule is Cc1ccc(-c2noc(C)c2COc2ccc(C(=O)N3CCC3)nn2)cn1. The van der Waals surface area contributed by atoms with Gasteiger partial charge in [0.1, 0.15) is 18.1 Å². The summed E-state index contributed by atoms with van der Waals surface area (Å²) >= 11 is 0. The Labute approximate surface area is 156 Å². The second kappa shape index (κ2) is 7.14. The van der Waals surface area contributed by atoms with Crippen LogP contribution in [0.15, 0.2) is 35.0 Å². The van der Waals surface area contributed by atoms with Crippen molar-refractivity contribution in [2.45, 2.75) is 26.9 Å². The van der Waals surface area contributed by atoms with Gasteiger partial charge in [0.05, 0.1) is 5.56 Å². The highest BCUT2D eigenvalue weighted by Gasteiger charge is 2.23. The summed E-state index contributed by atoms with van der Waals surface area (Å²) in [6.07, 6.45) is 2.80. The number of carbonyl (C=O) groups is 1. The molecule has 0 atom stereocenters. The molecule has 1 fully saturated rings. The lowest BCUT2D eigenvalue weighted by Crippen LogP contribution is -2.42. The van der Waals surface area contributed by atoms with E-state index < -0.39 is 0 Å². The number of rotatable bonds is 5. The predicted octanol–water partition coefficient (Wildman–Crippen LogP) is 2.57. The molecule has 0 radical (unpaired) electrons. The van der Waals surface area contributed by atoms with Crippen LogP contribution >= 0.6 is 0 Å². The maximum Gasteiger partial charge on any atom is 0.274 e. The summed E-state index contributed by atoms with van der Waals surface area (Å²) in [4.78, 5) is 18.1. The van der Waals surface area contributed by atoms with Crippen molar-refractivity contribution in [3.05, 3.63) is 53.2 Å². The number of hydrogen-bond donors (Lipinski definition) is 0. The third-order valence-corrected chi connectivity index (χ3v) is 4.54. The first-order valence-corrected chi connectivity index (χ1v) is 8.76. The monoisotopic (exact) mass is 365 g/mol. The van der Waals surface area contributed by atoms with Crippen molar-refractivity contribution in [1.82, 2.24) is 25.2 Å². The molecule has 8 heteroatoms. The highest BCUT2D eigenvalue weighted by Crippen LogP contribution is 2.26. The lowest BCUT2D eigenvalue weighted by atomic mass is 10.1. The van der Waals surface area contributed by atoms with E-state index in [9.17, 15) is 4.79 Å². The molecule has 1 aliphatic heterocycles. The highest BCUT2D eigenvalue weighted by molar-refractivity contribution is 5.92. The molecular formula is C19H19N5O3. The average molecular weight is 365 g/mol. The van der Waals surface area contributed by atoms with E-state index in [4.69, 9.17) is 9.26 Å². The Balaban J connectivity index is 1.46. The van der Waals surface area contributed by atoms with Gasteiger partial charge >= 0.3 is 0 Å². The minimum absolute atomic E-state index is 0.0932. The van der Waals surface area contributed by atoms with E-state index in [2.05, 4.69) is 20.3 Å². The standard InChI is InChI=1S/C19H19N5O3/c1-12-4-5-14(10-20-12)18-15(13(2)27-23-18)11-26-17-7-6-16(21-22-17)19(25)24-8-3-9-24/h4-7,10H,3,8-9,11H2,1-2H3. The van der Waals surface area contributed by atoms with E-state index in [-0.39, 0.29) is 12.5 Å². The minimum Gasteiger partial charge on any atom is -0.472 e. The maximum absolute atomic E-state index is 12.1. The van der Waals surface area contributed by atoms with Gasteiger partial charge < -0.3 is 14.2 Å². The van der Waals surface area contributed by atoms with Crippen LogP contribution in [-0.2, 0) is 6.61 Å². The largest absolute Gasteiger partial charge is 0.472 e. The van der Waals surface area contributed by atoms with Crippen LogP contribution in [0.1, 0.15) is 33.9 Å². The molecule has 3 aromatic rings. The van der Waals surface area contributed by atoms with Crippen LogP contribution in [-0.4, -0.2) is 44.2 Å². The summed E-state index contributed by atoms with van der Waals surface area (Å²) in [6, 6.07) is 7.15. The number of aryl methyl sites for hydroxylation is 2. The van der Waals surface area contributed by atoms with Crippen LogP contribution in [0.25, 0.3) is 11.3 Å². The van der Waals surface area contributed by atoms with Crippen molar-refractivity contribution in [3.8, 4) is 17.1 Å². The predicted molar refractivity (Wildman–Crippen MR) is 96.1 cm³/mol. The summed E-state index contributed by atoms with van der Waals surface area (Å²) in [5.41, 5.74) is 3.63. The maximum atomic E-state index is 12.1. The molecule has 1 aliphatic rings. The van der Waals surface area contributed by atoms with E-state index in [0.29, 0.717) is 23.0 Å². The first kappa shape index (κ1) is 17.1. The molecular weight excluding hydrogens is 346 g/mol. The van der Waals surface area contributed by atoms with E-state index >= 15 is 0 Å². The van der Waals surface area contributed by atoms with E-state index in [1.165, 1.54) is 0 Å². The van der Waals surface area contributed by atoms with Crippen molar-refractivity contribution in [2.75, 3.05) is 13.1 Å². The third kappa shape index (κ3) is 3.51. The Morgan fingerprint density at radius 1 is 1.19 bits per heavy atom. The topological polar surface area (TPSA) is 94.2 Å². The number of ether oxygens (including phenoxy) is 1. The van der Waals surface area contributed by atoms with Crippen LogP contribution in [0.2, 0.25) is 0 Å². The summed E-state index contributed by atoms with van der Waals surface area (Å²) in [5.74, 6) is 0.913. The molecule has 4 heterocycles. The fraction of sp³-hybridized carbons (Fsp3) is 0.316. The molecule has 8 nitrogen and oxygen atoms in total. The van der Waals surface area contributed by atoms with Gasteiger partial charge in [0.25, 0.3) is 5.91 Å². The van der Waals surface area contributed by atoms with Crippen LogP contribution in [0.3, 0.4) is 0 Å². The van der Waals surface area contributed by atoms with Crippen LogP contribution < -0.4 is 4.74 Å². The van der Waals surface area contributed by atoms with Gasteiger partial charge in [0, 0.05) is 36.6 Å². The summed E-state index contributed by atoms with van der Waals surface area (Å²) in [6.45, 7) is 5.55. The molecule has 1 amide bonds. The van der Waals surface area contributed by atoms with Crippen molar-refractivity contribution >= 4 is 5.91 Å². The zero-order valence-corrected chi connectivity index (χ0v) is 15.2. The molecule has 0 aromatic carbocycles. The van der Waals surface area contributed by atoms with Gasteiger partial charge in [0.15, 0.2) is 5.69 Å². The molecule has 0 unspecified atom stereocenters. The molecule has 3 aromatic heterocycles. The number of carbonyl (C=O) groups excluding carboxylic acids is 1. The Morgan fingerprint density at radius 2 is 2.04 bits per heavy atom. The molecule has 4 rings (SSSR count). The van der Waals surface area contributed by atoms with Gasteiger partial charge in [-0.25, -0.2) is 0 Å². The number of pyridine rings is 1. The van der Waals surface area contributed by atoms with E-state index in [0.717, 1.165) is 36.3 Å². The van der Waals surface area contributed by atoms with Gasteiger partial charge in [-0.1, -0.05) is 5.16 Å². The smallest absolute Gasteiger partial charge is 0.274 e. The van der Waals surface area contributed by atoms with Crippen molar-refractivity contribution in [2.24, 2.45) is 0 Å². The van der Waals surface area contributed by atoms with Crippen molar-refractivity contribution < 1.29 is 14.1 Å². The molecule has 138 valence electrons. The van der Waals surface area contributed by atoms with Crippen molar-refractivity contribution in [3.63, 3.8) is 0 Å². The Kier molecular flexibility index (Phi) is 4.53. The lowest BCUT2D eigenvalue weighted by molar-refractivity contribution is 0.0644. The molecule has 27 heavy (non-hydrogen) atoms.